The van der Waals surface area contributed by atoms with Crippen molar-refractivity contribution in [2.75, 3.05) is 53.4 Å². The van der Waals surface area contributed by atoms with E-state index in [1.807, 2.05) is 11.9 Å². The first kappa shape index (κ1) is 16.7. The lowest BCUT2D eigenvalue weighted by atomic mass is 9.96. The molecule has 5 nitrogen and oxygen atoms in total. The molecule has 122 valence electrons. The molecule has 0 spiro atoms. The van der Waals surface area contributed by atoms with Gasteiger partial charge < -0.3 is 19.9 Å². The number of nitrogens with one attached hydrogen (secondary N) is 1. The van der Waals surface area contributed by atoms with Gasteiger partial charge in [-0.2, -0.15) is 0 Å². The van der Waals surface area contributed by atoms with Gasteiger partial charge >= 0.3 is 0 Å². The molecule has 0 aromatic carbocycles. The summed E-state index contributed by atoms with van der Waals surface area (Å²) in [6.45, 7) is 5.86. The maximum Gasteiger partial charge on any atom is 0.224 e. The summed E-state index contributed by atoms with van der Waals surface area (Å²) in [5.41, 5.74) is 0. The quantitative estimate of drug-likeness (QED) is 0.793. The average Bonchev–Trinajstić information content (AvgIpc) is 2.50. The van der Waals surface area contributed by atoms with Crippen molar-refractivity contribution < 1.29 is 9.53 Å². The minimum Gasteiger partial charge on any atom is -0.378 e. The predicted molar refractivity (Wildman–Crippen MR) is 84.3 cm³/mol. The highest BCUT2D eigenvalue weighted by Crippen LogP contribution is 2.17. The van der Waals surface area contributed by atoms with E-state index in [2.05, 4.69) is 17.3 Å². The normalized spacial score (nSPS) is 22.4. The maximum absolute atomic E-state index is 12.1. The van der Waals surface area contributed by atoms with Crippen LogP contribution in [0, 0.1) is 5.92 Å². The van der Waals surface area contributed by atoms with Gasteiger partial charge in [0.25, 0.3) is 0 Å². The molecule has 2 aliphatic heterocycles. The number of hydrogen-bond acceptors (Lipinski definition) is 4. The Kier molecular flexibility index (Phi) is 6.93. The van der Waals surface area contributed by atoms with Gasteiger partial charge in [0.15, 0.2) is 0 Å². The molecule has 2 saturated heterocycles. The van der Waals surface area contributed by atoms with Gasteiger partial charge in [0, 0.05) is 13.6 Å². The smallest absolute Gasteiger partial charge is 0.224 e. The molecule has 5 heteroatoms. The number of carbonyl (C=O) groups is 1. The van der Waals surface area contributed by atoms with Crippen LogP contribution in [0.1, 0.15) is 32.1 Å². The second kappa shape index (κ2) is 8.71. The summed E-state index contributed by atoms with van der Waals surface area (Å²) in [6, 6.07) is 0. The van der Waals surface area contributed by atoms with Crippen LogP contribution in [0.3, 0.4) is 0 Å². The number of piperidine rings is 2. The van der Waals surface area contributed by atoms with Crippen molar-refractivity contribution in [2.24, 2.45) is 5.92 Å². The summed E-state index contributed by atoms with van der Waals surface area (Å²) >= 11 is 0. The highest BCUT2D eigenvalue weighted by molar-refractivity contribution is 5.75. The summed E-state index contributed by atoms with van der Waals surface area (Å²) in [5, 5.41) is 3.32. The molecule has 0 unspecified atom stereocenters. The number of carbonyl (C=O) groups excluding carboxylic acids is 1. The fourth-order valence-electron chi connectivity index (χ4n) is 3.20. The molecule has 2 fully saturated rings. The third-order valence-corrected chi connectivity index (χ3v) is 4.75. The van der Waals surface area contributed by atoms with Crippen LogP contribution < -0.4 is 5.32 Å². The molecule has 2 rings (SSSR count). The van der Waals surface area contributed by atoms with Crippen molar-refractivity contribution in [3.05, 3.63) is 0 Å². The molecule has 0 bridgehead atoms. The van der Waals surface area contributed by atoms with Crippen LogP contribution in [0.2, 0.25) is 0 Å². The fraction of sp³-hybridized carbons (Fsp3) is 0.938. The minimum absolute atomic E-state index is 0.225. The van der Waals surface area contributed by atoms with E-state index in [4.69, 9.17) is 4.74 Å². The largest absolute Gasteiger partial charge is 0.378 e. The van der Waals surface area contributed by atoms with Crippen molar-refractivity contribution in [2.45, 2.75) is 38.2 Å². The fourth-order valence-corrected chi connectivity index (χ4v) is 3.20. The molecule has 0 saturated carbocycles. The second-order valence-corrected chi connectivity index (χ2v) is 6.59. The topological polar surface area (TPSA) is 44.8 Å². The highest BCUT2D eigenvalue weighted by atomic mass is 16.5. The summed E-state index contributed by atoms with van der Waals surface area (Å²) in [5.74, 6) is 0.892. The number of likely N-dealkylation sites (tertiary alicyclic amines) is 1. The Balaban J connectivity index is 1.58. The first-order chi connectivity index (χ1) is 10.1. The summed E-state index contributed by atoms with van der Waals surface area (Å²) in [7, 11) is 4.11. The Bertz CT molecular complexity index is 311. The lowest BCUT2D eigenvalue weighted by Gasteiger charge is -2.31. The van der Waals surface area contributed by atoms with E-state index in [0.717, 1.165) is 45.6 Å². The van der Waals surface area contributed by atoms with Crippen LogP contribution in [0.5, 0.6) is 0 Å². The summed E-state index contributed by atoms with van der Waals surface area (Å²) < 4.78 is 5.81. The van der Waals surface area contributed by atoms with Gasteiger partial charge in [-0.05, 0) is 64.8 Å². The number of hydrogen-bond donors (Lipinski definition) is 1. The molecule has 0 aromatic rings. The van der Waals surface area contributed by atoms with Crippen LogP contribution in [0.4, 0.5) is 0 Å². The zero-order chi connectivity index (χ0) is 15.1. The van der Waals surface area contributed by atoms with E-state index in [9.17, 15) is 4.79 Å². The van der Waals surface area contributed by atoms with Crippen LogP contribution >= 0.6 is 0 Å². The number of ether oxygens (including phenoxy) is 1. The van der Waals surface area contributed by atoms with Gasteiger partial charge in [-0.25, -0.2) is 0 Å². The highest BCUT2D eigenvalue weighted by Gasteiger charge is 2.20. The minimum atomic E-state index is 0.225. The van der Waals surface area contributed by atoms with Crippen molar-refractivity contribution in [3.8, 4) is 0 Å². The zero-order valence-electron chi connectivity index (χ0n) is 13.6. The third-order valence-electron chi connectivity index (χ3n) is 4.75. The maximum atomic E-state index is 12.1. The van der Waals surface area contributed by atoms with Gasteiger partial charge in [-0.15, -0.1) is 0 Å². The Labute approximate surface area is 129 Å². The van der Waals surface area contributed by atoms with Gasteiger partial charge in [-0.1, -0.05) is 0 Å². The van der Waals surface area contributed by atoms with Gasteiger partial charge in [0.05, 0.1) is 19.1 Å². The molecule has 0 atom stereocenters. The Hall–Kier alpha value is -0.650. The molecule has 1 N–H and O–H groups in total. The molecule has 2 aliphatic rings. The third kappa shape index (κ3) is 5.93. The summed E-state index contributed by atoms with van der Waals surface area (Å²) in [4.78, 5) is 16.4. The predicted octanol–water partition coefficient (Wildman–Crippen LogP) is 0.945. The average molecular weight is 297 g/mol. The van der Waals surface area contributed by atoms with Crippen LogP contribution in [-0.2, 0) is 9.53 Å². The lowest BCUT2D eigenvalue weighted by Crippen LogP contribution is -2.38. The number of nitrogens with zero attached hydrogens (tertiary/aromatic N) is 2. The van der Waals surface area contributed by atoms with E-state index in [1.165, 1.54) is 12.8 Å². The van der Waals surface area contributed by atoms with Crippen molar-refractivity contribution >= 4 is 5.91 Å². The lowest BCUT2D eigenvalue weighted by molar-refractivity contribution is -0.132. The first-order valence-corrected chi connectivity index (χ1v) is 8.40. The number of rotatable bonds is 6. The second-order valence-electron chi connectivity index (χ2n) is 6.59. The van der Waals surface area contributed by atoms with Gasteiger partial charge in [0.1, 0.15) is 0 Å². The number of amides is 1. The molecular weight excluding hydrogens is 266 g/mol. The molecule has 2 heterocycles. The van der Waals surface area contributed by atoms with Gasteiger partial charge in [0.2, 0.25) is 5.91 Å². The molecule has 1 amide bonds. The van der Waals surface area contributed by atoms with Gasteiger partial charge in [-0.3, -0.25) is 4.79 Å². The van der Waals surface area contributed by atoms with E-state index in [1.54, 1.807) is 0 Å². The molecular formula is C16H31N3O2. The molecule has 21 heavy (non-hydrogen) atoms. The Morgan fingerprint density at radius 2 is 1.90 bits per heavy atom. The van der Waals surface area contributed by atoms with Crippen LogP contribution in [0.25, 0.3) is 0 Å². The van der Waals surface area contributed by atoms with Crippen LogP contribution in [-0.4, -0.2) is 75.2 Å². The standard InChI is InChI=1S/C16H31N3O2/c1-18-10-5-14(6-11-18)13-19(2)16(20)7-12-21-15-3-8-17-9-4-15/h14-15,17H,3-13H2,1-2H3. The van der Waals surface area contributed by atoms with E-state index in [0.29, 0.717) is 25.0 Å². The Morgan fingerprint density at radius 1 is 1.24 bits per heavy atom. The monoisotopic (exact) mass is 297 g/mol. The summed E-state index contributed by atoms with van der Waals surface area (Å²) in [6.07, 6.45) is 5.42. The van der Waals surface area contributed by atoms with Crippen molar-refractivity contribution in [3.63, 3.8) is 0 Å². The zero-order valence-corrected chi connectivity index (χ0v) is 13.6. The van der Waals surface area contributed by atoms with E-state index >= 15 is 0 Å². The first-order valence-electron chi connectivity index (χ1n) is 8.40. The van der Waals surface area contributed by atoms with Crippen LogP contribution in [0.15, 0.2) is 0 Å². The van der Waals surface area contributed by atoms with E-state index < -0.39 is 0 Å². The van der Waals surface area contributed by atoms with Crippen molar-refractivity contribution in [1.29, 1.82) is 0 Å². The SMILES string of the molecule is CN1CCC(CN(C)C(=O)CCOC2CCNCC2)CC1. The Morgan fingerprint density at radius 3 is 2.57 bits per heavy atom. The molecule has 0 radical (unpaired) electrons. The van der Waals surface area contributed by atoms with Crippen molar-refractivity contribution in [1.82, 2.24) is 15.1 Å². The molecule has 0 aliphatic carbocycles. The molecule has 0 aromatic heterocycles. The van der Waals surface area contributed by atoms with E-state index in [-0.39, 0.29) is 5.91 Å².